The number of fused-ring (bicyclic) bond motifs is 3. The first-order chi connectivity index (χ1) is 31.0. The van der Waals surface area contributed by atoms with Gasteiger partial charge in [0.05, 0.1) is 23.6 Å². The summed E-state index contributed by atoms with van der Waals surface area (Å²) in [4.78, 5) is 15.7. The Balaban J connectivity index is 0.000000174. The van der Waals surface area contributed by atoms with Crippen molar-refractivity contribution < 1.29 is 17.6 Å². The van der Waals surface area contributed by atoms with Gasteiger partial charge in [-0.3, -0.25) is 4.68 Å². The number of likely N-dealkylation sites (N-methyl/N-ethyl adjacent to an activating group) is 1. The van der Waals surface area contributed by atoms with E-state index in [1.165, 1.54) is 6.07 Å². The van der Waals surface area contributed by atoms with Gasteiger partial charge in [0.15, 0.2) is 11.6 Å². The van der Waals surface area contributed by atoms with E-state index < -0.39 is 23.6 Å². The molecule has 4 aromatic rings. The quantitative estimate of drug-likeness (QED) is 0.164. The number of hydrogen-bond acceptors (Lipinski definition) is 9. The van der Waals surface area contributed by atoms with Gasteiger partial charge in [0.2, 0.25) is 5.95 Å². The molecule has 2 aromatic carbocycles. The van der Waals surface area contributed by atoms with Gasteiger partial charge in [0.25, 0.3) is 5.92 Å². The van der Waals surface area contributed by atoms with Crippen molar-refractivity contribution in [1.29, 1.82) is 0 Å². The molecule has 10 rings (SSSR count). The second-order valence-corrected chi connectivity index (χ2v) is 19.8. The Morgan fingerprint density at radius 3 is 2.38 bits per heavy atom. The summed E-state index contributed by atoms with van der Waals surface area (Å²) >= 11 is 6.52. The lowest BCUT2D eigenvalue weighted by atomic mass is 9.86. The van der Waals surface area contributed by atoms with Crippen LogP contribution in [0, 0.1) is 29.4 Å². The number of nitrogens with zero attached hydrogens (tertiary/aromatic N) is 7. The van der Waals surface area contributed by atoms with Crippen molar-refractivity contribution in [3.05, 3.63) is 106 Å². The average Bonchev–Trinajstić information content (AvgIpc) is 4.07. The second-order valence-electron chi connectivity index (χ2n) is 19.4. The van der Waals surface area contributed by atoms with Gasteiger partial charge in [-0.1, -0.05) is 45.2 Å². The molecule has 4 unspecified atom stereocenters. The number of rotatable bonds is 6. The molecule has 3 N–H and O–H groups in total. The molecule has 65 heavy (non-hydrogen) atoms. The molecule has 6 aliphatic rings. The minimum atomic E-state index is -2.76. The summed E-state index contributed by atoms with van der Waals surface area (Å²) in [6, 6.07) is 6.57. The van der Waals surface area contributed by atoms with Gasteiger partial charge in [-0.2, -0.15) is 10.1 Å². The zero-order chi connectivity index (χ0) is 46.1. The van der Waals surface area contributed by atoms with Crippen LogP contribution in [0.15, 0.2) is 72.9 Å². The maximum atomic E-state index is 15.4. The normalized spacial score (nSPS) is 25.0. The Morgan fingerprint density at radius 2 is 1.68 bits per heavy atom. The number of anilines is 4. The summed E-state index contributed by atoms with van der Waals surface area (Å²) in [6.07, 6.45) is 7.66. The number of allylic oxidation sites excluding steroid dienone is 3. The third kappa shape index (κ3) is 8.72. The first kappa shape index (κ1) is 45.1. The van der Waals surface area contributed by atoms with Gasteiger partial charge in [-0.05, 0) is 125 Å². The smallest absolute Gasteiger partial charge is 0.268 e. The van der Waals surface area contributed by atoms with E-state index in [0.29, 0.717) is 45.2 Å². The van der Waals surface area contributed by atoms with Crippen LogP contribution in [0.25, 0.3) is 16.6 Å². The lowest BCUT2D eigenvalue weighted by Crippen LogP contribution is -2.45. The highest BCUT2D eigenvalue weighted by atomic mass is 35.5. The fourth-order valence-electron chi connectivity index (χ4n) is 10.5. The number of likely N-dealkylation sites (tertiary alicyclic amines) is 1. The van der Waals surface area contributed by atoms with E-state index in [1.807, 2.05) is 37.2 Å². The van der Waals surface area contributed by atoms with Gasteiger partial charge in [0.1, 0.15) is 16.4 Å². The highest BCUT2D eigenvalue weighted by molar-refractivity contribution is 6.32. The third-order valence-corrected chi connectivity index (χ3v) is 15.2. The van der Waals surface area contributed by atoms with Crippen molar-refractivity contribution in [2.24, 2.45) is 24.8 Å². The van der Waals surface area contributed by atoms with Crippen LogP contribution in [0.3, 0.4) is 0 Å². The van der Waals surface area contributed by atoms with Gasteiger partial charge in [-0.15, -0.1) is 0 Å². The molecule has 346 valence electrons. The molecule has 0 amide bonds. The van der Waals surface area contributed by atoms with Crippen molar-refractivity contribution in [2.45, 2.75) is 95.4 Å². The Kier molecular flexibility index (Phi) is 12.2. The van der Waals surface area contributed by atoms with Crippen molar-refractivity contribution in [3.63, 3.8) is 0 Å². The van der Waals surface area contributed by atoms with E-state index in [0.717, 1.165) is 116 Å². The molecule has 0 spiro atoms. The van der Waals surface area contributed by atoms with Crippen LogP contribution in [0.5, 0.6) is 0 Å². The molecule has 3 saturated heterocycles. The maximum Gasteiger partial charge on any atom is 0.268 e. The van der Waals surface area contributed by atoms with Gasteiger partial charge in [0, 0.05) is 84.5 Å². The number of nitrogens with one attached hydrogen (secondary N) is 3. The molecule has 5 aliphatic heterocycles. The van der Waals surface area contributed by atoms with E-state index >= 15 is 17.6 Å². The molecular formula is C50H61ClF4N10. The van der Waals surface area contributed by atoms with Gasteiger partial charge in [-0.25, -0.2) is 22.5 Å². The predicted molar refractivity (Wildman–Crippen MR) is 254 cm³/mol. The Hall–Kier alpha value is -5.08. The largest absolute Gasteiger partial charge is 0.375 e. The topological polar surface area (TPSA) is 89.4 Å². The highest BCUT2D eigenvalue weighted by Gasteiger charge is 2.50. The maximum absolute atomic E-state index is 15.4. The Morgan fingerprint density at radius 1 is 0.923 bits per heavy atom. The number of aromatic nitrogens is 4. The first-order valence-electron chi connectivity index (χ1n) is 23.1. The summed E-state index contributed by atoms with van der Waals surface area (Å²) in [5.74, 6) is -1.40. The number of alkyl halides is 2. The fourth-order valence-corrected chi connectivity index (χ4v) is 10.6. The predicted octanol–water partition coefficient (Wildman–Crippen LogP) is 11.0. The minimum absolute atomic E-state index is 0.00766. The molecule has 4 atom stereocenters. The number of aryl methyl sites for hydroxylation is 1. The molecule has 7 heterocycles. The zero-order valence-corrected chi connectivity index (χ0v) is 38.9. The first-order valence-corrected chi connectivity index (χ1v) is 23.5. The number of halogens is 5. The van der Waals surface area contributed by atoms with E-state index in [4.69, 9.17) is 16.6 Å². The molecule has 15 heteroatoms. The standard InChI is InChI=1S/C29H35ClF2N6.C21H26F2N4/c1-16-10-12-38(15-17(16)2)28-33-14-23(30)27(36-28)34-20-7-8-24-22(13-20)25-21(18(3)37(24)4)9-11-29(31,32)26(35-25)19-5-6-19;1-12-5-6-15(13(2)24-12)20-16-11-17(22)18(14-7-9-26(3)10-8-14)19(23)21(16)27(4)25-20/h7-8,13-14,16-17,19,26,35H,3,5-6,9-12,15H2,1-2,4H3,(H,33,34,36);11,14-15,24H,1-2,5-10H2,3-4H3. The molecule has 0 bridgehead atoms. The Labute approximate surface area is 384 Å². The van der Waals surface area contributed by atoms with Crippen molar-refractivity contribution in [2.75, 3.05) is 55.4 Å². The zero-order valence-electron chi connectivity index (χ0n) is 38.2. The summed E-state index contributed by atoms with van der Waals surface area (Å²) in [6.45, 7) is 20.3. The van der Waals surface area contributed by atoms with Crippen LogP contribution in [0.4, 0.5) is 40.7 Å². The monoisotopic (exact) mass is 912 g/mol. The van der Waals surface area contributed by atoms with E-state index in [-0.39, 0.29) is 36.2 Å². The van der Waals surface area contributed by atoms with Crippen molar-refractivity contribution in [3.8, 4) is 0 Å². The molecule has 2 aromatic heterocycles. The van der Waals surface area contributed by atoms with E-state index in [9.17, 15) is 0 Å². The third-order valence-electron chi connectivity index (χ3n) is 14.9. The van der Waals surface area contributed by atoms with Crippen LogP contribution in [-0.4, -0.2) is 76.9 Å². The van der Waals surface area contributed by atoms with Crippen LogP contribution in [0.2, 0.25) is 5.02 Å². The van der Waals surface area contributed by atoms with Crippen LogP contribution >= 0.6 is 11.6 Å². The Bertz CT molecular complexity index is 2580. The fraction of sp³-hybridized carbons (Fsp3) is 0.500. The lowest BCUT2D eigenvalue weighted by molar-refractivity contribution is -0.0441. The second kappa shape index (κ2) is 17.6. The van der Waals surface area contributed by atoms with Crippen LogP contribution in [0.1, 0.15) is 100 Å². The SMILES string of the molecule is C=C1C2=C(NC(C3CC3)C(F)(F)CC2)c2cc(Nc3nc(N4CCC(C)C(C)C4)ncc3Cl)ccc2N1C.C=C1CCC(c2nn(C)c3c(F)c(C4CCN(C)CC4)c(F)cc23)C(=C)N1. The van der Waals surface area contributed by atoms with Crippen molar-refractivity contribution in [1.82, 2.24) is 35.3 Å². The van der Waals surface area contributed by atoms with Crippen LogP contribution < -0.4 is 25.8 Å². The average molecular weight is 914 g/mol. The minimum Gasteiger partial charge on any atom is -0.375 e. The highest BCUT2D eigenvalue weighted by Crippen LogP contribution is 2.49. The number of benzene rings is 2. The number of hydrogen-bond donors (Lipinski definition) is 3. The molecule has 10 nitrogen and oxygen atoms in total. The molecule has 0 radical (unpaired) electrons. The van der Waals surface area contributed by atoms with Crippen LogP contribution in [-0.2, 0) is 7.05 Å². The van der Waals surface area contributed by atoms with Gasteiger partial charge >= 0.3 is 0 Å². The molecule has 1 aliphatic carbocycles. The summed E-state index contributed by atoms with van der Waals surface area (Å²) < 4.78 is 62.3. The molecule has 4 fully saturated rings. The summed E-state index contributed by atoms with van der Waals surface area (Å²) in [7, 11) is 5.70. The van der Waals surface area contributed by atoms with Gasteiger partial charge < -0.3 is 30.7 Å². The van der Waals surface area contributed by atoms with E-state index in [1.54, 1.807) is 17.9 Å². The molecular weight excluding hydrogens is 852 g/mol. The molecule has 1 saturated carbocycles. The summed E-state index contributed by atoms with van der Waals surface area (Å²) in [5.41, 5.74) is 7.98. The number of piperidine rings is 3. The van der Waals surface area contributed by atoms with E-state index in [2.05, 4.69) is 69.4 Å². The lowest BCUT2D eigenvalue weighted by Gasteiger charge is -2.35. The van der Waals surface area contributed by atoms with Crippen molar-refractivity contribution >= 4 is 51.3 Å². The summed E-state index contributed by atoms with van der Waals surface area (Å²) in [5, 5.41) is 15.4.